The zero-order valence-corrected chi connectivity index (χ0v) is 33.4. The molecule has 2 aromatic rings. The molecule has 11 nitrogen and oxygen atoms in total. The Labute approximate surface area is 320 Å². The van der Waals surface area contributed by atoms with E-state index in [1.54, 1.807) is 18.3 Å². The van der Waals surface area contributed by atoms with Crippen molar-refractivity contribution in [1.29, 1.82) is 0 Å². The maximum Gasteiger partial charge on any atom is 0.260 e. The molecule has 54 heavy (non-hydrogen) atoms. The highest BCUT2D eigenvalue weighted by molar-refractivity contribution is 5.95. The Kier molecular flexibility index (Phi) is 12.1. The zero-order chi connectivity index (χ0) is 38.8. The Bertz CT molecular complexity index is 1860. The fourth-order valence-corrected chi connectivity index (χ4v) is 8.54. The molecule has 292 valence electrons. The second-order valence-corrected chi connectivity index (χ2v) is 16.5. The fourth-order valence-electron chi connectivity index (χ4n) is 8.54. The highest BCUT2D eigenvalue weighted by atomic mass is 16.5. The van der Waals surface area contributed by atoms with Crippen molar-refractivity contribution < 1.29 is 23.9 Å². The molecule has 1 saturated heterocycles. The molecule has 1 aliphatic carbocycles. The number of hydrogen-bond donors (Lipinski definition) is 2. The van der Waals surface area contributed by atoms with Crippen molar-refractivity contribution in [3.8, 4) is 0 Å². The van der Waals surface area contributed by atoms with Crippen LogP contribution in [0.25, 0.3) is 22.0 Å². The summed E-state index contributed by atoms with van der Waals surface area (Å²) in [6.07, 6.45) is 10.2. The Morgan fingerprint density at radius 3 is 2.70 bits per heavy atom. The summed E-state index contributed by atoms with van der Waals surface area (Å²) in [6, 6.07) is 5.99. The molecule has 3 aliphatic heterocycles. The van der Waals surface area contributed by atoms with Crippen LogP contribution in [0.15, 0.2) is 47.6 Å². The molecule has 1 aromatic carbocycles. The number of aldehydes is 1. The maximum absolute atomic E-state index is 14.3. The van der Waals surface area contributed by atoms with Gasteiger partial charge in [0.15, 0.2) is 0 Å². The van der Waals surface area contributed by atoms with E-state index in [2.05, 4.69) is 78.8 Å². The number of hydrogen-bond acceptors (Lipinski definition) is 8. The molecule has 2 fully saturated rings. The van der Waals surface area contributed by atoms with E-state index in [-0.39, 0.29) is 35.9 Å². The number of aromatic nitrogens is 1. The molecule has 1 aromatic heterocycles. The largest absolute Gasteiger partial charge is 0.378 e. The lowest BCUT2D eigenvalue weighted by Gasteiger charge is -2.42. The summed E-state index contributed by atoms with van der Waals surface area (Å²) in [5.74, 6) is -0.0468. The molecule has 4 aliphatic rings. The number of nitrogens with one attached hydrogen (secondary N) is 2. The first-order chi connectivity index (χ1) is 25.9. The van der Waals surface area contributed by atoms with Gasteiger partial charge in [-0.15, -0.1) is 0 Å². The Morgan fingerprint density at radius 1 is 1.26 bits per heavy atom. The Balaban J connectivity index is 1.49. The van der Waals surface area contributed by atoms with Crippen molar-refractivity contribution >= 4 is 46.4 Å². The van der Waals surface area contributed by atoms with E-state index in [1.165, 1.54) is 11.1 Å². The number of fused-ring (bicyclic) bond motifs is 6. The van der Waals surface area contributed by atoms with E-state index in [0.717, 1.165) is 65.6 Å². The summed E-state index contributed by atoms with van der Waals surface area (Å²) in [5.41, 5.74) is 9.34. The van der Waals surface area contributed by atoms with Gasteiger partial charge in [0.1, 0.15) is 17.9 Å². The Morgan fingerprint density at radius 2 is 2.04 bits per heavy atom. The molecule has 4 heterocycles. The van der Waals surface area contributed by atoms with E-state index >= 15 is 0 Å². The number of ether oxygens (including phenoxy) is 2. The molecule has 6 bridgehead atoms. The summed E-state index contributed by atoms with van der Waals surface area (Å²) in [6.45, 7) is 20.3. The number of amides is 2. The average Bonchev–Trinajstić information content (AvgIpc) is 3.84. The van der Waals surface area contributed by atoms with Crippen LogP contribution in [0.4, 0.5) is 0 Å². The first-order valence-electron chi connectivity index (χ1n) is 19.8. The molecule has 0 radical (unpaired) electrons. The van der Waals surface area contributed by atoms with Crippen LogP contribution in [-0.2, 0) is 36.8 Å². The van der Waals surface area contributed by atoms with Crippen molar-refractivity contribution in [2.45, 2.75) is 97.9 Å². The first-order valence-corrected chi connectivity index (χ1v) is 19.8. The van der Waals surface area contributed by atoms with Crippen molar-refractivity contribution in [1.82, 2.24) is 25.2 Å². The van der Waals surface area contributed by atoms with Crippen LogP contribution in [-0.4, -0.2) is 103 Å². The average molecular weight is 741 g/mol. The van der Waals surface area contributed by atoms with Crippen LogP contribution in [0, 0.1) is 17.3 Å². The zero-order valence-electron chi connectivity index (χ0n) is 33.4. The number of methoxy groups -OCH3 is 1. The van der Waals surface area contributed by atoms with Gasteiger partial charge < -0.3 is 24.2 Å². The predicted octanol–water partition coefficient (Wildman–Crippen LogP) is 5.58. The number of allylic oxidation sites excluding steroid dienone is 2. The van der Waals surface area contributed by atoms with Crippen molar-refractivity contribution in [3.63, 3.8) is 0 Å². The second kappa shape index (κ2) is 16.5. The third-order valence-electron chi connectivity index (χ3n) is 11.7. The van der Waals surface area contributed by atoms with Crippen LogP contribution in [0.2, 0.25) is 0 Å². The first kappa shape index (κ1) is 39.8. The number of carbonyl (C=O) groups excluding carboxylic acids is 3. The van der Waals surface area contributed by atoms with Crippen molar-refractivity contribution in [2.75, 3.05) is 46.5 Å². The minimum atomic E-state index is -1.06. The van der Waals surface area contributed by atoms with Crippen molar-refractivity contribution in [2.24, 2.45) is 22.2 Å². The highest BCUT2D eigenvalue weighted by Crippen LogP contribution is 2.40. The summed E-state index contributed by atoms with van der Waals surface area (Å²) < 4.78 is 14.7. The van der Waals surface area contributed by atoms with E-state index in [9.17, 15) is 14.4 Å². The number of benzene rings is 1. The van der Waals surface area contributed by atoms with Gasteiger partial charge in [0.05, 0.1) is 30.7 Å². The molecule has 6 atom stereocenters. The number of aryl methyl sites for hydroxylation is 1. The normalized spacial score (nSPS) is 28.5. The maximum atomic E-state index is 14.3. The van der Waals surface area contributed by atoms with Gasteiger partial charge in [-0.1, -0.05) is 45.6 Å². The molecule has 1 saturated carbocycles. The van der Waals surface area contributed by atoms with Gasteiger partial charge in [-0.05, 0) is 93.0 Å². The van der Waals surface area contributed by atoms with Crippen LogP contribution >= 0.6 is 0 Å². The van der Waals surface area contributed by atoms with Crippen molar-refractivity contribution in [3.05, 3.63) is 59.4 Å². The van der Waals surface area contributed by atoms with Crippen LogP contribution < -0.4 is 10.7 Å². The minimum absolute atomic E-state index is 0.0666. The molecule has 6 rings (SSSR count). The third kappa shape index (κ3) is 8.20. The number of rotatable bonds is 9. The molecule has 11 heteroatoms. The van der Waals surface area contributed by atoms with Gasteiger partial charge in [-0.2, -0.15) is 0 Å². The smallest absolute Gasteiger partial charge is 0.260 e. The summed E-state index contributed by atoms with van der Waals surface area (Å²) in [7, 11) is 1.70. The SMILES string of the molecule is C=C/C(=C(\N=C/C)[C@H](C)OC)c1c2c3cc(ccc3n1CC)C1=CCCN(C1)C[C@H](NC(=O)[C@H]1C[C@@H]1C)C(=O)N1CCC[C@](C=O)(COCC(C)(C)C2)N1. The second-order valence-electron chi connectivity index (χ2n) is 16.5. The predicted molar refractivity (Wildman–Crippen MR) is 215 cm³/mol. The lowest BCUT2D eigenvalue weighted by atomic mass is 9.83. The number of hydrazine groups is 1. The third-order valence-corrected chi connectivity index (χ3v) is 11.7. The van der Waals surface area contributed by atoms with Gasteiger partial charge in [-0.25, -0.2) is 5.43 Å². The lowest BCUT2D eigenvalue weighted by molar-refractivity contribution is -0.147. The quantitative estimate of drug-likeness (QED) is 0.196. The van der Waals surface area contributed by atoms with Gasteiger partial charge in [0.2, 0.25) is 5.91 Å². The summed E-state index contributed by atoms with van der Waals surface area (Å²) in [5, 5.41) is 5.84. The summed E-state index contributed by atoms with van der Waals surface area (Å²) >= 11 is 0. The van der Waals surface area contributed by atoms with Gasteiger partial charge in [-0.3, -0.25) is 24.5 Å². The van der Waals surface area contributed by atoms with Crippen LogP contribution in [0.3, 0.4) is 0 Å². The Hall–Kier alpha value is -3.90. The van der Waals surface area contributed by atoms with E-state index < -0.39 is 11.6 Å². The van der Waals surface area contributed by atoms with Gasteiger partial charge >= 0.3 is 0 Å². The number of aliphatic imine (C=N–C) groups is 1. The topological polar surface area (TPSA) is 118 Å². The molecule has 2 amide bonds. The minimum Gasteiger partial charge on any atom is -0.378 e. The van der Waals surface area contributed by atoms with Crippen LogP contribution in [0.1, 0.15) is 84.0 Å². The fraction of sp³-hybridized carbons (Fsp3) is 0.581. The standard InChI is InChI=1S/C43H60N6O5/c1-9-32(38(44-10-2)29(5)53-8)39-35-22-42(6,7)26-54-27-43(25-50)17-13-19-49(46-43)41(52)36(45-40(51)33-20-28(33)4)24-47-18-12-14-31(23-47)30-15-16-37(34(35)21-30)48(39)11-3/h9-10,14-16,21,25,28-29,33,36,46H,1,11-13,17-20,22-24,26-27H2,2-8H3,(H,45,51)/b38-32+,44-10-/t28-,29-,33-,36-,43-/m0/s1. The number of carbonyl (C=O) groups is 3. The van der Waals surface area contributed by atoms with E-state index in [0.29, 0.717) is 51.4 Å². The van der Waals surface area contributed by atoms with E-state index in [1.807, 2.05) is 19.9 Å². The number of nitrogens with zero attached hydrogens (tertiary/aromatic N) is 4. The lowest BCUT2D eigenvalue weighted by Crippen LogP contribution is -2.67. The monoisotopic (exact) mass is 740 g/mol. The molecular formula is C43H60N6O5. The molecular weight excluding hydrogens is 681 g/mol. The molecule has 0 spiro atoms. The van der Waals surface area contributed by atoms with Crippen LogP contribution in [0.5, 0.6) is 0 Å². The summed E-state index contributed by atoms with van der Waals surface area (Å²) in [4.78, 5) is 47.5. The van der Waals surface area contributed by atoms with Gasteiger partial charge in [0, 0.05) is 68.4 Å². The van der Waals surface area contributed by atoms with Gasteiger partial charge in [0.25, 0.3) is 5.91 Å². The van der Waals surface area contributed by atoms with E-state index in [4.69, 9.17) is 14.5 Å². The highest BCUT2D eigenvalue weighted by Gasteiger charge is 2.43. The molecule has 1 unspecified atom stereocenters. The molecule has 2 N–H and O–H groups in total.